The van der Waals surface area contributed by atoms with E-state index in [0.29, 0.717) is 12.1 Å². The van der Waals surface area contributed by atoms with Crippen LogP contribution in [0.4, 0.5) is 5.82 Å². The van der Waals surface area contributed by atoms with E-state index in [1.54, 1.807) is 0 Å². The third-order valence-corrected chi connectivity index (χ3v) is 4.01. The molecule has 2 aromatic rings. The lowest BCUT2D eigenvalue weighted by molar-refractivity contribution is 0.190. The Morgan fingerprint density at radius 1 is 1.26 bits per heavy atom. The van der Waals surface area contributed by atoms with E-state index in [2.05, 4.69) is 34.2 Å². The fraction of sp³-hybridized carbons (Fsp3) is 0.467. The lowest BCUT2D eigenvalue weighted by atomic mass is 9.99. The summed E-state index contributed by atoms with van der Waals surface area (Å²) in [5.74, 6) is 0.889. The van der Waals surface area contributed by atoms with Crippen LogP contribution in [-0.2, 0) is 0 Å². The first-order valence-corrected chi connectivity index (χ1v) is 6.91. The van der Waals surface area contributed by atoms with Crippen LogP contribution in [0.15, 0.2) is 30.5 Å². The van der Waals surface area contributed by atoms with Crippen molar-refractivity contribution in [3.8, 4) is 0 Å². The van der Waals surface area contributed by atoms with E-state index >= 15 is 0 Å². The van der Waals surface area contributed by atoms with E-state index in [1.807, 2.05) is 30.5 Å². The molecule has 0 aliphatic carbocycles. The molecule has 0 amide bonds. The van der Waals surface area contributed by atoms with Gasteiger partial charge in [-0.05, 0) is 38.9 Å². The second kappa shape index (κ2) is 5.13. The molecule has 1 aliphatic heterocycles. The van der Waals surface area contributed by atoms with Gasteiger partial charge in [0, 0.05) is 18.6 Å². The summed E-state index contributed by atoms with van der Waals surface area (Å²) in [6.45, 7) is 3.42. The van der Waals surface area contributed by atoms with Gasteiger partial charge in [0.15, 0.2) is 0 Å². The van der Waals surface area contributed by atoms with E-state index < -0.39 is 0 Å². The summed E-state index contributed by atoms with van der Waals surface area (Å²) < 4.78 is 0. The Hall–Kier alpha value is -1.68. The number of hydrogen-bond acceptors (Lipinski definition) is 4. The SMILES string of the molecule is CC1CC(Nc2cnc3ccccc3n2)CCN1C. The highest BCUT2D eigenvalue weighted by atomic mass is 15.2. The van der Waals surface area contributed by atoms with Crippen molar-refractivity contribution >= 4 is 16.9 Å². The molecular weight excluding hydrogens is 236 g/mol. The predicted octanol–water partition coefficient (Wildman–Crippen LogP) is 2.52. The van der Waals surface area contributed by atoms with E-state index in [9.17, 15) is 0 Å². The number of anilines is 1. The van der Waals surface area contributed by atoms with Crippen LogP contribution in [0, 0.1) is 0 Å². The molecule has 4 nitrogen and oxygen atoms in total. The second-order valence-corrected chi connectivity index (χ2v) is 5.44. The molecular formula is C15H20N4. The molecule has 3 rings (SSSR count). The molecule has 0 spiro atoms. The van der Waals surface area contributed by atoms with Crippen LogP contribution in [-0.4, -0.2) is 40.5 Å². The Morgan fingerprint density at radius 3 is 2.84 bits per heavy atom. The van der Waals surface area contributed by atoms with Gasteiger partial charge in [-0.3, -0.25) is 4.98 Å². The van der Waals surface area contributed by atoms with Gasteiger partial charge in [-0.1, -0.05) is 12.1 Å². The maximum absolute atomic E-state index is 4.63. The lowest BCUT2D eigenvalue weighted by Gasteiger charge is -2.35. The number of likely N-dealkylation sites (tertiary alicyclic amines) is 1. The molecule has 1 saturated heterocycles. The number of fused-ring (bicyclic) bond motifs is 1. The summed E-state index contributed by atoms with van der Waals surface area (Å²) in [4.78, 5) is 11.5. The zero-order valence-corrected chi connectivity index (χ0v) is 11.5. The van der Waals surface area contributed by atoms with Gasteiger partial charge in [0.25, 0.3) is 0 Å². The number of aromatic nitrogens is 2. The number of benzene rings is 1. The van der Waals surface area contributed by atoms with E-state index in [4.69, 9.17) is 0 Å². The molecule has 1 aromatic carbocycles. The maximum atomic E-state index is 4.63. The highest BCUT2D eigenvalue weighted by Crippen LogP contribution is 2.19. The van der Waals surface area contributed by atoms with Gasteiger partial charge in [-0.15, -0.1) is 0 Å². The molecule has 4 heteroatoms. The van der Waals surface area contributed by atoms with Gasteiger partial charge in [0.2, 0.25) is 0 Å². The van der Waals surface area contributed by atoms with Crippen molar-refractivity contribution in [2.45, 2.75) is 31.8 Å². The van der Waals surface area contributed by atoms with Crippen LogP contribution in [0.2, 0.25) is 0 Å². The van der Waals surface area contributed by atoms with Crippen LogP contribution >= 0.6 is 0 Å². The predicted molar refractivity (Wildman–Crippen MR) is 78.3 cm³/mol. The monoisotopic (exact) mass is 256 g/mol. The van der Waals surface area contributed by atoms with Crippen molar-refractivity contribution < 1.29 is 0 Å². The summed E-state index contributed by atoms with van der Waals surface area (Å²) in [6.07, 6.45) is 4.16. The Kier molecular flexibility index (Phi) is 3.34. The molecule has 0 bridgehead atoms. The molecule has 1 aliphatic rings. The number of hydrogen-bond donors (Lipinski definition) is 1. The van der Waals surface area contributed by atoms with Crippen molar-refractivity contribution in [3.05, 3.63) is 30.5 Å². The smallest absolute Gasteiger partial charge is 0.145 e. The zero-order valence-electron chi connectivity index (χ0n) is 11.5. The second-order valence-electron chi connectivity index (χ2n) is 5.44. The van der Waals surface area contributed by atoms with E-state index in [-0.39, 0.29) is 0 Å². The minimum Gasteiger partial charge on any atom is -0.366 e. The van der Waals surface area contributed by atoms with Crippen molar-refractivity contribution in [3.63, 3.8) is 0 Å². The summed E-state index contributed by atoms with van der Waals surface area (Å²) in [7, 11) is 2.19. The fourth-order valence-electron chi connectivity index (χ4n) is 2.66. The van der Waals surface area contributed by atoms with Crippen molar-refractivity contribution in [1.29, 1.82) is 0 Å². The topological polar surface area (TPSA) is 41.1 Å². The molecule has 2 unspecified atom stereocenters. The highest BCUT2D eigenvalue weighted by molar-refractivity contribution is 5.75. The summed E-state index contributed by atoms with van der Waals surface area (Å²) in [5.41, 5.74) is 1.90. The number of rotatable bonds is 2. The third-order valence-electron chi connectivity index (χ3n) is 4.01. The molecule has 0 radical (unpaired) electrons. The first-order chi connectivity index (χ1) is 9.22. The average Bonchev–Trinajstić information content (AvgIpc) is 2.43. The summed E-state index contributed by atoms with van der Waals surface area (Å²) >= 11 is 0. The minimum atomic E-state index is 0.502. The van der Waals surface area contributed by atoms with Crippen molar-refractivity contribution in [1.82, 2.24) is 14.9 Å². The van der Waals surface area contributed by atoms with Gasteiger partial charge >= 0.3 is 0 Å². The van der Waals surface area contributed by atoms with Gasteiger partial charge < -0.3 is 10.2 Å². The zero-order chi connectivity index (χ0) is 13.2. The number of piperidine rings is 1. The molecule has 19 heavy (non-hydrogen) atoms. The number of nitrogens with zero attached hydrogens (tertiary/aromatic N) is 3. The first-order valence-electron chi connectivity index (χ1n) is 6.91. The number of para-hydroxylation sites is 2. The Morgan fingerprint density at radius 2 is 2.05 bits per heavy atom. The molecule has 1 fully saturated rings. The molecule has 100 valence electrons. The highest BCUT2D eigenvalue weighted by Gasteiger charge is 2.22. The van der Waals surface area contributed by atoms with Gasteiger partial charge in [0.05, 0.1) is 17.2 Å². The largest absolute Gasteiger partial charge is 0.366 e. The molecule has 0 saturated carbocycles. The molecule has 1 aromatic heterocycles. The first kappa shape index (κ1) is 12.4. The lowest BCUT2D eigenvalue weighted by Crippen LogP contribution is -2.42. The fourth-order valence-corrected chi connectivity index (χ4v) is 2.66. The van der Waals surface area contributed by atoms with E-state index in [1.165, 1.54) is 0 Å². The molecule has 2 heterocycles. The third kappa shape index (κ3) is 2.68. The van der Waals surface area contributed by atoms with Gasteiger partial charge in [-0.2, -0.15) is 0 Å². The quantitative estimate of drug-likeness (QED) is 0.896. The summed E-state index contributed by atoms with van der Waals surface area (Å²) in [5, 5.41) is 3.52. The standard InChI is InChI=1S/C15H20N4/c1-11-9-12(7-8-19(11)2)17-15-10-16-13-5-3-4-6-14(13)18-15/h3-6,10-12H,7-9H2,1-2H3,(H,17,18). The normalized spacial score (nSPS) is 24.5. The number of nitrogens with one attached hydrogen (secondary N) is 1. The minimum absolute atomic E-state index is 0.502. The van der Waals surface area contributed by atoms with Crippen LogP contribution < -0.4 is 5.32 Å². The average molecular weight is 256 g/mol. The van der Waals surface area contributed by atoms with Gasteiger partial charge in [-0.25, -0.2) is 4.98 Å². The molecule has 1 N–H and O–H groups in total. The maximum Gasteiger partial charge on any atom is 0.145 e. The summed E-state index contributed by atoms with van der Waals surface area (Å²) in [6, 6.07) is 9.11. The van der Waals surface area contributed by atoms with Crippen LogP contribution in [0.5, 0.6) is 0 Å². The Balaban J connectivity index is 1.74. The molecule has 2 atom stereocenters. The van der Waals surface area contributed by atoms with E-state index in [0.717, 1.165) is 36.2 Å². The van der Waals surface area contributed by atoms with Crippen LogP contribution in [0.1, 0.15) is 19.8 Å². The Bertz CT molecular complexity index is 569. The van der Waals surface area contributed by atoms with Gasteiger partial charge in [0.1, 0.15) is 5.82 Å². The van der Waals surface area contributed by atoms with Crippen molar-refractivity contribution in [2.75, 3.05) is 18.9 Å². The van der Waals surface area contributed by atoms with Crippen molar-refractivity contribution in [2.24, 2.45) is 0 Å². The van der Waals surface area contributed by atoms with Crippen LogP contribution in [0.3, 0.4) is 0 Å². The van der Waals surface area contributed by atoms with Crippen LogP contribution in [0.25, 0.3) is 11.0 Å². The Labute approximate surface area is 113 Å².